The molecule has 3 aromatic rings. The molecule has 3 aliphatic rings. The minimum absolute atomic E-state index is 0. The molecule has 48 heavy (non-hydrogen) atoms. The standard InChI is InChI=1S/C29H29FN6O9S2.Na.H/c30-21-12-19-22(35(17-6-7-17)14-20(26(19)38)29(40)41)13-23(21)33-8-10-34(11-9-33)31-16-46-28-25(27(39)36(28)47(42,43)44)32-24(37)15-45-18-4-2-1-3-5-18;;/h1-5,12-14,16-17,25,28H,6-11,15H2,(H,32,37)(H,40,41)(H,42,43,44);;/b31-16+;;/t25-,28?;;/m0../s1. The molecule has 2 amide bonds. The second-order valence-electron chi connectivity index (χ2n) is 11.1. The number of fused-ring (bicyclic) bond motifs is 1. The Morgan fingerprint density at radius 1 is 1.10 bits per heavy atom. The molecule has 250 valence electrons. The van der Waals surface area contributed by atoms with Crippen molar-refractivity contribution < 1.29 is 41.6 Å². The van der Waals surface area contributed by atoms with Gasteiger partial charge < -0.3 is 24.6 Å². The number of hydrogen-bond acceptors (Lipinski definition) is 11. The van der Waals surface area contributed by atoms with Crippen molar-refractivity contribution in [2.45, 2.75) is 30.3 Å². The number of rotatable bonds is 11. The van der Waals surface area contributed by atoms with E-state index >= 15 is 4.39 Å². The van der Waals surface area contributed by atoms with E-state index in [9.17, 15) is 37.3 Å². The van der Waals surface area contributed by atoms with Crippen LogP contribution in [0.25, 0.3) is 10.9 Å². The molecule has 1 aromatic heterocycles. The molecular formula is C29H30FN6NaO9S2. The van der Waals surface area contributed by atoms with Crippen molar-refractivity contribution in [2.75, 3.05) is 37.7 Å². The molecule has 1 unspecified atom stereocenters. The molecule has 3 heterocycles. The van der Waals surface area contributed by atoms with Gasteiger partial charge in [0.05, 0.1) is 29.8 Å². The summed E-state index contributed by atoms with van der Waals surface area (Å²) in [7, 11) is -4.90. The molecule has 2 aromatic carbocycles. The predicted molar refractivity (Wildman–Crippen MR) is 176 cm³/mol. The number of nitrogens with one attached hydrogen (secondary N) is 1. The van der Waals surface area contributed by atoms with Crippen LogP contribution < -0.4 is 20.4 Å². The van der Waals surface area contributed by atoms with Gasteiger partial charge in [-0.1, -0.05) is 30.0 Å². The zero-order valence-electron chi connectivity index (χ0n) is 24.6. The maximum absolute atomic E-state index is 15.3. The van der Waals surface area contributed by atoms with Crippen LogP contribution in [0.1, 0.15) is 29.2 Å². The monoisotopic (exact) mass is 712 g/mol. The number of carboxylic acids is 1. The second-order valence-corrected chi connectivity index (χ2v) is 13.3. The molecule has 0 radical (unpaired) electrons. The van der Waals surface area contributed by atoms with Gasteiger partial charge >= 0.3 is 45.8 Å². The van der Waals surface area contributed by atoms with Gasteiger partial charge in [0.15, 0.2) is 6.61 Å². The number of carbonyl (C=O) groups excluding carboxylic acids is 2. The first kappa shape index (κ1) is 35.6. The van der Waals surface area contributed by atoms with Crippen LogP contribution in [0.2, 0.25) is 0 Å². The number of anilines is 1. The van der Waals surface area contributed by atoms with E-state index in [1.165, 1.54) is 11.7 Å². The van der Waals surface area contributed by atoms with E-state index in [0.29, 0.717) is 37.4 Å². The van der Waals surface area contributed by atoms with E-state index in [4.69, 9.17) is 4.74 Å². The third-order valence-corrected chi connectivity index (χ3v) is 9.97. The molecule has 0 bridgehead atoms. The van der Waals surface area contributed by atoms with Crippen LogP contribution in [-0.2, 0) is 19.9 Å². The molecule has 3 fully saturated rings. The summed E-state index contributed by atoms with van der Waals surface area (Å²) in [6.07, 6.45) is 2.97. The topological polar surface area (TPSA) is 191 Å². The Morgan fingerprint density at radius 3 is 2.42 bits per heavy atom. The van der Waals surface area contributed by atoms with Gasteiger partial charge in [-0.2, -0.15) is 17.8 Å². The van der Waals surface area contributed by atoms with Gasteiger partial charge in [0, 0.05) is 30.7 Å². The van der Waals surface area contributed by atoms with Crippen LogP contribution in [0.5, 0.6) is 5.75 Å². The Morgan fingerprint density at radius 2 is 1.79 bits per heavy atom. The summed E-state index contributed by atoms with van der Waals surface area (Å²) in [6.45, 7) is 0.930. The number of thioether (sulfide) groups is 1. The molecule has 19 heteroatoms. The Bertz CT molecular complexity index is 1940. The number of carbonyl (C=O) groups is 3. The molecular weight excluding hydrogens is 682 g/mol. The number of halogens is 1. The molecule has 1 aliphatic carbocycles. The van der Waals surface area contributed by atoms with E-state index in [2.05, 4.69) is 10.4 Å². The number of β-lactam (4-membered cyclic amide) rings is 1. The summed E-state index contributed by atoms with van der Waals surface area (Å²) in [5.41, 5.74) is 0.879. The number of nitrogens with zero attached hydrogens (tertiary/aromatic N) is 5. The molecule has 2 saturated heterocycles. The molecule has 6 rings (SSSR count). The summed E-state index contributed by atoms with van der Waals surface area (Å²) >= 11 is 0.805. The fourth-order valence-corrected chi connectivity index (χ4v) is 7.52. The fraction of sp³-hybridized carbons (Fsp3) is 0.345. The van der Waals surface area contributed by atoms with Gasteiger partial charge in [-0.15, -0.1) is 0 Å². The van der Waals surface area contributed by atoms with E-state index in [1.54, 1.807) is 50.9 Å². The van der Waals surface area contributed by atoms with Crippen molar-refractivity contribution in [3.8, 4) is 5.75 Å². The summed E-state index contributed by atoms with van der Waals surface area (Å²) in [5, 5.41) is 16.7. The molecule has 2 aliphatic heterocycles. The van der Waals surface area contributed by atoms with Gasteiger partial charge in [0.25, 0.3) is 11.8 Å². The van der Waals surface area contributed by atoms with Crippen LogP contribution >= 0.6 is 11.8 Å². The average molecular weight is 713 g/mol. The SMILES string of the molecule is O=C(COc1ccccc1)N[C@H]1C(=O)N(S(=O)(=O)O)C1S/C=N/N1CCN(c2cc3c(cc2F)c(=O)c(C(=O)O)cn3C2CC2)CC1.[NaH]. The third kappa shape index (κ3) is 7.47. The van der Waals surface area contributed by atoms with Crippen molar-refractivity contribution in [3.63, 3.8) is 0 Å². The minimum atomic E-state index is -4.90. The van der Waals surface area contributed by atoms with E-state index in [0.717, 1.165) is 30.7 Å². The van der Waals surface area contributed by atoms with Gasteiger partial charge in [-0.3, -0.25) is 23.9 Å². The number of hydrazone groups is 1. The van der Waals surface area contributed by atoms with Gasteiger partial charge in [-0.25, -0.2) is 9.18 Å². The van der Waals surface area contributed by atoms with E-state index < -0.39 is 62.9 Å². The zero-order chi connectivity index (χ0) is 33.5. The van der Waals surface area contributed by atoms with Crippen LogP contribution in [-0.4, -0.2) is 129 Å². The molecule has 15 nitrogen and oxygen atoms in total. The van der Waals surface area contributed by atoms with Crippen LogP contribution in [0.15, 0.2) is 58.6 Å². The second kappa shape index (κ2) is 14.4. The molecule has 2 atom stereocenters. The quantitative estimate of drug-likeness (QED) is 0.0837. The third-order valence-electron chi connectivity index (χ3n) is 7.96. The molecule has 0 spiro atoms. The Balaban J connectivity index is 0.00000451. The maximum atomic E-state index is 15.3. The van der Waals surface area contributed by atoms with Crippen molar-refractivity contribution in [1.29, 1.82) is 0 Å². The summed E-state index contributed by atoms with van der Waals surface area (Å²) in [6, 6.07) is 9.92. The predicted octanol–water partition coefficient (Wildman–Crippen LogP) is 0.859. The zero-order valence-corrected chi connectivity index (χ0v) is 26.2. The first-order chi connectivity index (χ1) is 22.4. The number of para-hydroxylation sites is 1. The van der Waals surface area contributed by atoms with Crippen molar-refractivity contribution in [1.82, 2.24) is 19.2 Å². The first-order valence-corrected chi connectivity index (χ1v) is 16.8. The first-order valence-electron chi connectivity index (χ1n) is 14.5. The number of ether oxygens (including phenoxy) is 1. The average Bonchev–Trinajstić information content (AvgIpc) is 3.88. The fourth-order valence-electron chi connectivity index (χ4n) is 5.45. The summed E-state index contributed by atoms with van der Waals surface area (Å²) in [4.78, 5) is 51.1. The van der Waals surface area contributed by atoms with Crippen LogP contribution in [0.4, 0.5) is 10.1 Å². The van der Waals surface area contributed by atoms with Gasteiger partial charge in [0.1, 0.15) is 28.5 Å². The van der Waals surface area contributed by atoms with Crippen molar-refractivity contribution in [3.05, 3.63) is 70.3 Å². The number of pyridine rings is 1. The van der Waals surface area contributed by atoms with E-state index in [1.807, 2.05) is 0 Å². The van der Waals surface area contributed by atoms with Crippen LogP contribution in [0.3, 0.4) is 0 Å². The number of carboxylic acid groups (broad SMARTS) is 1. The molecule has 1 saturated carbocycles. The Kier molecular flexibility index (Phi) is 10.7. The van der Waals surface area contributed by atoms with Crippen molar-refractivity contribution in [2.24, 2.45) is 5.10 Å². The van der Waals surface area contributed by atoms with Gasteiger partial charge in [0.2, 0.25) is 5.43 Å². The number of amides is 2. The van der Waals surface area contributed by atoms with E-state index in [-0.39, 0.29) is 51.0 Å². The van der Waals surface area contributed by atoms with Crippen molar-refractivity contribution >= 4 is 91.5 Å². The summed E-state index contributed by atoms with van der Waals surface area (Å²) < 4.78 is 55.8. The number of piperazine rings is 1. The van der Waals surface area contributed by atoms with Gasteiger partial charge in [-0.05, 0) is 37.1 Å². The van der Waals surface area contributed by atoms with Crippen LogP contribution in [0, 0.1) is 5.82 Å². The summed E-state index contributed by atoms with van der Waals surface area (Å²) in [5.74, 6) is -3.28. The Hall–Kier alpha value is -3.68. The number of benzene rings is 2. The number of aromatic nitrogens is 1. The number of aromatic carboxylic acids is 1. The number of hydrogen-bond donors (Lipinski definition) is 3. The molecule has 3 N–H and O–H groups in total. The Labute approximate surface area is 299 Å². The normalized spacial score (nSPS) is 19.6.